The maximum atomic E-state index is 5.90. The highest BCUT2D eigenvalue weighted by molar-refractivity contribution is 4.79. The maximum absolute atomic E-state index is 5.90. The van der Waals surface area contributed by atoms with Crippen LogP contribution in [0.15, 0.2) is 0 Å². The highest BCUT2D eigenvalue weighted by Crippen LogP contribution is 2.20. The van der Waals surface area contributed by atoms with Crippen LogP contribution in [-0.2, 0) is 14.2 Å². The molecule has 108 valence electrons. The molecular formula is C13H28N2O3. The van der Waals surface area contributed by atoms with Crippen LogP contribution < -0.4 is 5.73 Å². The first-order valence-electron chi connectivity index (χ1n) is 6.78. The van der Waals surface area contributed by atoms with Gasteiger partial charge in [0.1, 0.15) is 0 Å². The monoisotopic (exact) mass is 260 g/mol. The summed E-state index contributed by atoms with van der Waals surface area (Å²) in [6.45, 7) is 6.12. The van der Waals surface area contributed by atoms with E-state index in [1.165, 1.54) is 0 Å². The Morgan fingerprint density at radius 1 is 1.28 bits per heavy atom. The van der Waals surface area contributed by atoms with Gasteiger partial charge in [-0.15, -0.1) is 0 Å². The van der Waals surface area contributed by atoms with Gasteiger partial charge in [0.15, 0.2) is 0 Å². The molecule has 0 aromatic heterocycles. The van der Waals surface area contributed by atoms with Crippen LogP contribution in [0.4, 0.5) is 0 Å². The summed E-state index contributed by atoms with van der Waals surface area (Å²) in [5, 5.41) is 0. The summed E-state index contributed by atoms with van der Waals surface area (Å²) < 4.78 is 16.3. The van der Waals surface area contributed by atoms with Crippen molar-refractivity contribution in [2.45, 2.75) is 38.0 Å². The molecule has 0 aromatic rings. The smallest absolute Gasteiger partial charge is 0.0707 e. The fourth-order valence-electron chi connectivity index (χ4n) is 2.40. The Labute approximate surface area is 111 Å². The molecule has 0 aliphatic carbocycles. The molecule has 2 N–H and O–H groups in total. The maximum Gasteiger partial charge on any atom is 0.0707 e. The molecule has 0 spiro atoms. The van der Waals surface area contributed by atoms with Crippen LogP contribution in [0.5, 0.6) is 0 Å². The third kappa shape index (κ3) is 5.20. The molecule has 1 saturated heterocycles. The minimum absolute atomic E-state index is 0.247. The van der Waals surface area contributed by atoms with E-state index in [2.05, 4.69) is 11.8 Å². The van der Waals surface area contributed by atoms with Gasteiger partial charge < -0.3 is 19.9 Å². The molecular weight excluding hydrogens is 232 g/mol. The summed E-state index contributed by atoms with van der Waals surface area (Å²) in [5.41, 5.74) is 5.64. The summed E-state index contributed by atoms with van der Waals surface area (Å²) in [6.07, 6.45) is 2.73. The zero-order valence-electron chi connectivity index (χ0n) is 11.9. The second kappa shape index (κ2) is 8.82. The van der Waals surface area contributed by atoms with Crippen molar-refractivity contribution in [3.05, 3.63) is 0 Å². The zero-order chi connectivity index (χ0) is 13.4. The Morgan fingerprint density at radius 2 is 2.00 bits per heavy atom. The van der Waals surface area contributed by atoms with Crippen molar-refractivity contribution in [3.8, 4) is 0 Å². The molecule has 0 saturated carbocycles. The van der Waals surface area contributed by atoms with Crippen LogP contribution >= 0.6 is 0 Å². The summed E-state index contributed by atoms with van der Waals surface area (Å²) >= 11 is 0. The Morgan fingerprint density at radius 3 is 2.56 bits per heavy atom. The number of nitrogens with zero attached hydrogens (tertiary/aromatic N) is 1. The zero-order valence-corrected chi connectivity index (χ0v) is 11.9. The molecule has 0 radical (unpaired) electrons. The fraction of sp³-hybridized carbons (Fsp3) is 1.00. The van der Waals surface area contributed by atoms with Crippen LogP contribution in [0.25, 0.3) is 0 Å². The first-order chi connectivity index (χ1) is 8.71. The Hall–Kier alpha value is -0.200. The van der Waals surface area contributed by atoms with Crippen LogP contribution in [-0.4, -0.2) is 70.2 Å². The van der Waals surface area contributed by atoms with Gasteiger partial charge in [0.25, 0.3) is 0 Å². The topological polar surface area (TPSA) is 57.0 Å². The molecule has 0 bridgehead atoms. The number of hydrogen-bond donors (Lipinski definition) is 1. The van der Waals surface area contributed by atoms with E-state index in [1.54, 1.807) is 14.2 Å². The number of hydrogen-bond acceptors (Lipinski definition) is 5. The Kier molecular flexibility index (Phi) is 7.77. The van der Waals surface area contributed by atoms with E-state index >= 15 is 0 Å². The van der Waals surface area contributed by atoms with Crippen molar-refractivity contribution >= 4 is 0 Å². The molecule has 1 fully saturated rings. The first kappa shape index (κ1) is 15.9. The van der Waals surface area contributed by atoms with Gasteiger partial charge in [-0.3, -0.25) is 4.90 Å². The van der Waals surface area contributed by atoms with E-state index < -0.39 is 0 Å². The van der Waals surface area contributed by atoms with Crippen molar-refractivity contribution in [3.63, 3.8) is 0 Å². The fourth-order valence-corrected chi connectivity index (χ4v) is 2.40. The molecule has 5 nitrogen and oxygen atoms in total. The van der Waals surface area contributed by atoms with E-state index in [-0.39, 0.29) is 6.10 Å². The normalized spacial score (nSPS) is 25.8. The SMILES string of the molecule is COCCN(CC1CCC(CN)O1)C(C)COC. The lowest BCUT2D eigenvalue weighted by Crippen LogP contribution is -2.43. The summed E-state index contributed by atoms with van der Waals surface area (Å²) in [6, 6.07) is 0.380. The van der Waals surface area contributed by atoms with Gasteiger partial charge in [-0.2, -0.15) is 0 Å². The quantitative estimate of drug-likeness (QED) is 0.653. The predicted octanol–water partition coefficient (Wildman–Crippen LogP) is 0.476. The second-order valence-corrected chi connectivity index (χ2v) is 4.99. The van der Waals surface area contributed by atoms with Crippen molar-refractivity contribution in [2.75, 3.05) is 47.1 Å². The number of ether oxygens (including phenoxy) is 3. The van der Waals surface area contributed by atoms with Crippen molar-refractivity contribution in [2.24, 2.45) is 5.73 Å². The van der Waals surface area contributed by atoms with E-state index in [9.17, 15) is 0 Å². The third-order valence-electron chi connectivity index (χ3n) is 3.51. The minimum Gasteiger partial charge on any atom is -0.383 e. The average Bonchev–Trinajstić information content (AvgIpc) is 2.82. The predicted molar refractivity (Wildman–Crippen MR) is 71.7 cm³/mol. The third-order valence-corrected chi connectivity index (χ3v) is 3.51. The number of rotatable bonds is 9. The lowest BCUT2D eigenvalue weighted by molar-refractivity contribution is 0.00181. The van der Waals surface area contributed by atoms with Gasteiger partial charge >= 0.3 is 0 Å². The average molecular weight is 260 g/mol. The highest BCUT2D eigenvalue weighted by Gasteiger charge is 2.27. The van der Waals surface area contributed by atoms with Gasteiger partial charge in [0.2, 0.25) is 0 Å². The summed E-state index contributed by atoms with van der Waals surface area (Å²) in [4.78, 5) is 2.37. The largest absolute Gasteiger partial charge is 0.383 e. The molecule has 18 heavy (non-hydrogen) atoms. The minimum atomic E-state index is 0.247. The molecule has 1 heterocycles. The van der Waals surface area contributed by atoms with E-state index in [4.69, 9.17) is 19.9 Å². The van der Waals surface area contributed by atoms with Crippen LogP contribution in [0.3, 0.4) is 0 Å². The highest BCUT2D eigenvalue weighted by atomic mass is 16.5. The van der Waals surface area contributed by atoms with E-state index in [0.29, 0.717) is 18.7 Å². The molecule has 3 unspecified atom stereocenters. The standard InChI is InChI=1S/C13H28N2O3/c1-11(10-17-3)15(6-7-16-2)9-13-5-4-12(8-14)18-13/h11-13H,4-10,14H2,1-3H3. The lowest BCUT2D eigenvalue weighted by atomic mass is 10.1. The molecule has 1 rings (SSSR count). The Bertz CT molecular complexity index is 216. The second-order valence-electron chi connectivity index (χ2n) is 4.99. The summed E-state index contributed by atoms with van der Waals surface area (Å²) in [7, 11) is 3.47. The van der Waals surface area contributed by atoms with Crippen LogP contribution in [0.2, 0.25) is 0 Å². The van der Waals surface area contributed by atoms with Gasteiger partial charge in [-0.05, 0) is 19.8 Å². The van der Waals surface area contributed by atoms with E-state index in [1.807, 2.05) is 0 Å². The number of nitrogens with two attached hydrogens (primary N) is 1. The lowest BCUT2D eigenvalue weighted by Gasteiger charge is -2.30. The summed E-state index contributed by atoms with van der Waals surface area (Å²) in [5.74, 6) is 0. The Balaban J connectivity index is 2.39. The van der Waals surface area contributed by atoms with Crippen molar-refractivity contribution in [1.82, 2.24) is 4.90 Å². The number of methoxy groups -OCH3 is 2. The molecule has 0 aromatic carbocycles. The van der Waals surface area contributed by atoms with Crippen molar-refractivity contribution < 1.29 is 14.2 Å². The van der Waals surface area contributed by atoms with Crippen LogP contribution in [0.1, 0.15) is 19.8 Å². The molecule has 5 heteroatoms. The first-order valence-corrected chi connectivity index (χ1v) is 6.78. The van der Waals surface area contributed by atoms with Crippen molar-refractivity contribution in [1.29, 1.82) is 0 Å². The van der Waals surface area contributed by atoms with Crippen LogP contribution in [0, 0.1) is 0 Å². The van der Waals surface area contributed by atoms with Gasteiger partial charge in [-0.1, -0.05) is 0 Å². The van der Waals surface area contributed by atoms with Gasteiger partial charge in [0.05, 0.1) is 25.4 Å². The molecule has 0 amide bonds. The molecule has 1 aliphatic heterocycles. The molecule has 3 atom stereocenters. The van der Waals surface area contributed by atoms with Gasteiger partial charge in [-0.25, -0.2) is 0 Å². The molecule has 1 aliphatic rings. The van der Waals surface area contributed by atoms with E-state index in [0.717, 1.165) is 39.1 Å². The van der Waals surface area contributed by atoms with Gasteiger partial charge in [0, 0.05) is 39.9 Å².